The number of hydrogen-bond acceptors (Lipinski definition) is 5. The highest BCUT2D eigenvalue weighted by Crippen LogP contribution is 2.23. The van der Waals surface area contributed by atoms with Gasteiger partial charge in [0.15, 0.2) is 6.61 Å². The first-order valence-electron chi connectivity index (χ1n) is 6.90. The Kier molecular flexibility index (Phi) is 7.53. The van der Waals surface area contributed by atoms with Crippen molar-refractivity contribution in [1.82, 2.24) is 10.6 Å². The van der Waals surface area contributed by atoms with Crippen LogP contribution in [0.25, 0.3) is 0 Å². The second-order valence-electron chi connectivity index (χ2n) is 4.92. The van der Waals surface area contributed by atoms with Crippen LogP contribution in [0.2, 0.25) is 0 Å². The summed E-state index contributed by atoms with van der Waals surface area (Å²) in [6.07, 6.45) is 0. The Hall–Kier alpha value is -2.09. The van der Waals surface area contributed by atoms with E-state index in [1.165, 1.54) is 13.2 Å². The molecule has 0 saturated carbocycles. The minimum Gasteiger partial charge on any atom is -0.497 e. The van der Waals surface area contributed by atoms with E-state index < -0.39 is 18.5 Å². The molecule has 8 heteroatoms. The molecule has 0 bridgehead atoms. The Morgan fingerprint density at radius 1 is 1.22 bits per heavy atom. The van der Waals surface area contributed by atoms with E-state index >= 15 is 0 Å². The molecule has 0 aliphatic heterocycles. The van der Waals surface area contributed by atoms with E-state index in [1.54, 1.807) is 12.1 Å². The number of halogens is 1. The monoisotopic (exact) mass is 386 g/mol. The lowest BCUT2D eigenvalue weighted by molar-refractivity contribution is -0.128. The Morgan fingerprint density at radius 3 is 2.52 bits per heavy atom. The van der Waals surface area contributed by atoms with Gasteiger partial charge in [0.05, 0.1) is 19.2 Å². The molecule has 0 spiro atoms. The molecule has 2 N–H and O–H groups in total. The number of methoxy groups -OCH3 is 1. The lowest BCUT2D eigenvalue weighted by Gasteiger charge is -2.10. The molecule has 0 aliphatic rings. The van der Waals surface area contributed by atoms with E-state index in [9.17, 15) is 14.4 Å². The number of esters is 1. The minimum atomic E-state index is -0.669. The number of ether oxygens (including phenoxy) is 2. The summed E-state index contributed by atoms with van der Waals surface area (Å²) in [6, 6.07) is 4.82. The van der Waals surface area contributed by atoms with Crippen LogP contribution in [-0.4, -0.2) is 44.1 Å². The fraction of sp³-hybridized carbons (Fsp3) is 0.400. The third-order valence-electron chi connectivity index (χ3n) is 2.62. The predicted molar refractivity (Wildman–Crippen MR) is 87.3 cm³/mol. The number of carbonyl (C=O) groups is 3. The first-order valence-corrected chi connectivity index (χ1v) is 7.69. The zero-order chi connectivity index (χ0) is 17.4. The molecule has 7 nitrogen and oxygen atoms in total. The van der Waals surface area contributed by atoms with Gasteiger partial charge in [-0.3, -0.25) is 9.59 Å². The number of benzene rings is 1. The summed E-state index contributed by atoms with van der Waals surface area (Å²) in [5.41, 5.74) is 0.245. The van der Waals surface area contributed by atoms with Gasteiger partial charge in [-0.1, -0.05) is 0 Å². The number of carbonyl (C=O) groups excluding carboxylic acids is 3. The van der Waals surface area contributed by atoms with Crippen LogP contribution < -0.4 is 15.4 Å². The van der Waals surface area contributed by atoms with Crippen LogP contribution in [0.1, 0.15) is 24.2 Å². The summed E-state index contributed by atoms with van der Waals surface area (Å²) in [5, 5.41) is 4.99. The molecule has 0 heterocycles. The lowest BCUT2D eigenvalue weighted by Crippen LogP contribution is -2.41. The second-order valence-corrected chi connectivity index (χ2v) is 5.78. The van der Waals surface area contributed by atoms with Crippen molar-refractivity contribution in [2.45, 2.75) is 19.9 Å². The van der Waals surface area contributed by atoms with Crippen LogP contribution in [0, 0.1) is 0 Å². The van der Waals surface area contributed by atoms with Crippen molar-refractivity contribution in [2.75, 3.05) is 20.3 Å². The van der Waals surface area contributed by atoms with Crippen LogP contribution in [0.4, 0.5) is 0 Å². The summed E-state index contributed by atoms with van der Waals surface area (Å²) < 4.78 is 10.5. The van der Waals surface area contributed by atoms with Crippen molar-refractivity contribution in [3.63, 3.8) is 0 Å². The molecule has 2 amide bonds. The minimum absolute atomic E-state index is 0.0114. The molecule has 0 fully saturated rings. The van der Waals surface area contributed by atoms with Gasteiger partial charge >= 0.3 is 5.97 Å². The van der Waals surface area contributed by atoms with E-state index in [2.05, 4.69) is 26.6 Å². The van der Waals surface area contributed by atoms with Gasteiger partial charge in [0, 0.05) is 10.5 Å². The quantitative estimate of drug-likeness (QED) is 0.687. The van der Waals surface area contributed by atoms with Gasteiger partial charge in [-0.2, -0.15) is 0 Å². The van der Waals surface area contributed by atoms with Crippen molar-refractivity contribution in [2.24, 2.45) is 0 Å². The smallest absolute Gasteiger partial charge is 0.339 e. The summed E-state index contributed by atoms with van der Waals surface area (Å²) in [5.74, 6) is -1.04. The standard InChI is InChI=1S/C15H19BrN2O5/c1-9(2)18-13(19)7-17-14(20)8-23-15(21)11-6-10(22-3)4-5-12(11)16/h4-6,9H,7-8H2,1-3H3,(H,17,20)(H,18,19). The maximum Gasteiger partial charge on any atom is 0.339 e. The highest BCUT2D eigenvalue weighted by Gasteiger charge is 2.15. The molecule has 1 aromatic carbocycles. The average molecular weight is 387 g/mol. The van der Waals surface area contributed by atoms with Gasteiger partial charge in [0.25, 0.3) is 5.91 Å². The second kappa shape index (κ2) is 9.14. The van der Waals surface area contributed by atoms with Crippen molar-refractivity contribution < 1.29 is 23.9 Å². The van der Waals surface area contributed by atoms with Gasteiger partial charge in [0.2, 0.25) is 5.91 Å². The Morgan fingerprint density at radius 2 is 1.91 bits per heavy atom. The molecule has 0 saturated heterocycles. The van der Waals surface area contributed by atoms with E-state index in [1.807, 2.05) is 13.8 Å². The van der Waals surface area contributed by atoms with Crippen LogP contribution in [0.3, 0.4) is 0 Å². The first-order chi connectivity index (χ1) is 10.8. The molecular formula is C15H19BrN2O5. The largest absolute Gasteiger partial charge is 0.497 e. The summed E-state index contributed by atoms with van der Waals surface area (Å²) in [4.78, 5) is 34.9. The normalized spacial score (nSPS) is 10.1. The van der Waals surface area contributed by atoms with Gasteiger partial charge in [-0.05, 0) is 48.0 Å². The van der Waals surface area contributed by atoms with Crippen molar-refractivity contribution in [3.05, 3.63) is 28.2 Å². The number of nitrogens with one attached hydrogen (secondary N) is 2. The molecule has 23 heavy (non-hydrogen) atoms. The van der Waals surface area contributed by atoms with Crippen molar-refractivity contribution >= 4 is 33.7 Å². The van der Waals surface area contributed by atoms with Gasteiger partial charge in [-0.25, -0.2) is 4.79 Å². The van der Waals surface area contributed by atoms with E-state index in [-0.39, 0.29) is 24.1 Å². The van der Waals surface area contributed by atoms with Crippen LogP contribution in [0.15, 0.2) is 22.7 Å². The molecular weight excluding hydrogens is 368 g/mol. The zero-order valence-corrected chi connectivity index (χ0v) is 14.7. The predicted octanol–water partition coefficient (Wildman–Crippen LogP) is 1.26. The van der Waals surface area contributed by atoms with Crippen LogP contribution >= 0.6 is 15.9 Å². The molecule has 1 aromatic rings. The van der Waals surface area contributed by atoms with Crippen molar-refractivity contribution in [3.8, 4) is 5.75 Å². The van der Waals surface area contributed by atoms with Gasteiger partial charge in [-0.15, -0.1) is 0 Å². The molecule has 126 valence electrons. The molecule has 0 aliphatic carbocycles. The topological polar surface area (TPSA) is 93.7 Å². The maximum absolute atomic E-state index is 12.0. The SMILES string of the molecule is COc1ccc(Br)c(C(=O)OCC(=O)NCC(=O)NC(C)C)c1. The summed E-state index contributed by atoms with van der Waals surface area (Å²) >= 11 is 3.23. The number of rotatable bonds is 7. The highest BCUT2D eigenvalue weighted by atomic mass is 79.9. The maximum atomic E-state index is 12.0. The van der Waals surface area contributed by atoms with E-state index in [4.69, 9.17) is 9.47 Å². The zero-order valence-electron chi connectivity index (χ0n) is 13.1. The van der Waals surface area contributed by atoms with Crippen molar-refractivity contribution in [1.29, 1.82) is 0 Å². The lowest BCUT2D eigenvalue weighted by atomic mass is 10.2. The molecule has 0 aromatic heterocycles. The van der Waals surface area contributed by atoms with E-state index in [0.717, 1.165) is 0 Å². The van der Waals surface area contributed by atoms with Crippen LogP contribution in [-0.2, 0) is 14.3 Å². The Bertz CT molecular complexity index is 589. The highest BCUT2D eigenvalue weighted by molar-refractivity contribution is 9.10. The number of amides is 2. The molecule has 0 unspecified atom stereocenters. The Labute approximate surface area is 142 Å². The summed E-state index contributed by atoms with van der Waals surface area (Å²) in [7, 11) is 1.48. The molecule has 1 rings (SSSR count). The molecule has 0 radical (unpaired) electrons. The first kappa shape index (κ1) is 19.0. The third kappa shape index (κ3) is 6.68. The van der Waals surface area contributed by atoms with Crippen LogP contribution in [0.5, 0.6) is 5.75 Å². The number of hydrogen-bond donors (Lipinski definition) is 2. The van der Waals surface area contributed by atoms with Gasteiger partial charge < -0.3 is 20.1 Å². The third-order valence-corrected chi connectivity index (χ3v) is 3.32. The summed E-state index contributed by atoms with van der Waals surface area (Å²) in [6.45, 7) is 2.98. The fourth-order valence-corrected chi connectivity index (χ4v) is 2.01. The molecule has 0 atom stereocenters. The van der Waals surface area contributed by atoms with E-state index in [0.29, 0.717) is 10.2 Å². The average Bonchev–Trinajstić information content (AvgIpc) is 2.50. The van der Waals surface area contributed by atoms with Gasteiger partial charge in [0.1, 0.15) is 5.75 Å². The fourth-order valence-electron chi connectivity index (χ4n) is 1.60. The Balaban J connectivity index is 2.47.